The fourth-order valence-corrected chi connectivity index (χ4v) is 3.40. The van der Waals surface area contributed by atoms with E-state index < -0.39 is 0 Å². The first-order valence-corrected chi connectivity index (χ1v) is 6.69. The number of hydrogen-bond donors (Lipinski definition) is 0. The Bertz CT molecular complexity index is 367. The minimum Gasteiger partial charge on any atom is -0.497 e. The number of benzene rings is 1. The average molecular weight is 332 g/mol. The minimum atomic E-state index is -0.177. The van der Waals surface area contributed by atoms with E-state index in [9.17, 15) is 0 Å². The van der Waals surface area contributed by atoms with E-state index in [-0.39, 0.29) is 3.61 Å². The summed E-state index contributed by atoms with van der Waals surface area (Å²) in [5.41, 5.74) is 1.21. The van der Waals surface area contributed by atoms with Crippen molar-refractivity contribution in [2.24, 2.45) is 5.92 Å². The van der Waals surface area contributed by atoms with E-state index in [0.29, 0.717) is 0 Å². The van der Waals surface area contributed by atoms with Crippen LogP contribution in [0, 0.1) is 5.92 Å². The zero-order chi connectivity index (χ0) is 11.6. The number of methoxy groups -OCH3 is 1. The Hall–Kier alpha value is -0.290. The summed E-state index contributed by atoms with van der Waals surface area (Å²) >= 11 is 2.43. The van der Waals surface area contributed by atoms with E-state index in [1.54, 1.807) is 7.11 Å². The molecule has 1 fully saturated rings. The van der Waals surface area contributed by atoms with Crippen LogP contribution < -0.4 is 4.74 Å². The SMILES string of the molecule is COc1cccc(C2(I)CC(C)CCO2)c1. The molecule has 0 aliphatic carbocycles. The average Bonchev–Trinajstić information content (AvgIpc) is 2.29. The van der Waals surface area contributed by atoms with E-state index in [1.165, 1.54) is 5.56 Å². The number of halogens is 1. The number of ether oxygens (including phenoxy) is 2. The van der Waals surface area contributed by atoms with E-state index in [1.807, 2.05) is 12.1 Å². The summed E-state index contributed by atoms with van der Waals surface area (Å²) in [6, 6.07) is 8.18. The molecule has 0 aromatic heterocycles. The van der Waals surface area contributed by atoms with Crippen LogP contribution in [0.2, 0.25) is 0 Å². The van der Waals surface area contributed by atoms with E-state index in [4.69, 9.17) is 9.47 Å². The van der Waals surface area contributed by atoms with Crippen molar-refractivity contribution >= 4 is 22.6 Å². The second-order valence-corrected chi connectivity index (χ2v) is 6.15. The van der Waals surface area contributed by atoms with Gasteiger partial charge in [-0.1, -0.05) is 19.1 Å². The topological polar surface area (TPSA) is 18.5 Å². The standard InChI is InChI=1S/C13H17IO2/c1-10-6-7-16-13(14,9-10)11-4-3-5-12(8-11)15-2/h3-5,8,10H,6-7,9H2,1-2H3. The predicted molar refractivity (Wildman–Crippen MR) is 73.0 cm³/mol. The third kappa shape index (κ3) is 2.51. The van der Waals surface area contributed by atoms with E-state index >= 15 is 0 Å². The molecule has 16 heavy (non-hydrogen) atoms. The molecule has 0 radical (unpaired) electrons. The molecule has 88 valence electrons. The fourth-order valence-electron chi connectivity index (χ4n) is 2.09. The quantitative estimate of drug-likeness (QED) is 0.607. The van der Waals surface area contributed by atoms with Gasteiger partial charge in [0, 0.05) is 6.61 Å². The number of hydrogen-bond acceptors (Lipinski definition) is 2. The molecule has 2 atom stereocenters. The third-order valence-corrected chi connectivity index (χ3v) is 4.43. The molecule has 1 aliphatic rings. The second-order valence-electron chi connectivity index (χ2n) is 4.41. The summed E-state index contributed by atoms with van der Waals surface area (Å²) in [5, 5.41) is 0. The first kappa shape index (κ1) is 12.2. The minimum absolute atomic E-state index is 0.177. The highest BCUT2D eigenvalue weighted by Gasteiger charge is 2.35. The van der Waals surface area contributed by atoms with Crippen molar-refractivity contribution in [2.45, 2.75) is 23.4 Å². The normalized spacial score (nSPS) is 30.1. The Kier molecular flexibility index (Phi) is 3.74. The molecule has 2 rings (SSSR count). The molecule has 0 amide bonds. The monoisotopic (exact) mass is 332 g/mol. The van der Waals surface area contributed by atoms with Crippen LogP contribution in [0.4, 0.5) is 0 Å². The maximum Gasteiger partial charge on any atom is 0.144 e. The fraction of sp³-hybridized carbons (Fsp3) is 0.538. The van der Waals surface area contributed by atoms with Gasteiger partial charge in [0.2, 0.25) is 0 Å². The first-order chi connectivity index (χ1) is 7.64. The molecule has 0 N–H and O–H groups in total. The van der Waals surface area contributed by atoms with Crippen LogP contribution in [0.3, 0.4) is 0 Å². The number of rotatable bonds is 2. The van der Waals surface area contributed by atoms with Crippen molar-refractivity contribution < 1.29 is 9.47 Å². The van der Waals surface area contributed by atoms with Gasteiger partial charge < -0.3 is 9.47 Å². The van der Waals surface area contributed by atoms with Crippen LogP contribution >= 0.6 is 22.6 Å². The van der Waals surface area contributed by atoms with Crippen molar-refractivity contribution in [3.63, 3.8) is 0 Å². The van der Waals surface area contributed by atoms with Crippen LogP contribution in [0.25, 0.3) is 0 Å². The van der Waals surface area contributed by atoms with Crippen LogP contribution in [-0.2, 0) is 8.34 Å². The summed E-state index contributed by atoms with van der Waals surface area (Å²) in [4.78, 5) is 0. The van der Waals surface area contributed by atoms with Crippen LogP contribution in [0.1, 0.15) is 25.3 Å². The Labute approximate surface area is 110 Å². The van der Waals surface area contributed by atoms with Gasteiger partial charge in [0.15, 0.2) is 0 Å². The Morgan fingerprint density at radius 3 is 3.00 bits per heavy atom. The van der Waals surface area contributed by atoms with E-state index in [2.05, 4.69) is 41.6 Å². The zero-order valence-corrected chi connectivity index (χ0v) is 11.9. The van der Waals surface area contributed by atoms with E-state index in [0.717, 1.165) is 31.1 Å². The Balaban J connectivity index is 2.27. The van der Waals surface area contributed by atoms with Crippen molar-refractivity contribution in [3.05, 3.63) is 29.8 Å². The zero-order valence-electron chi connectivity index (χ0n) is 9.70. The van der Waals surface area contributed by atoms with Gasteiger partial charge in [-0.3, -0.25) is 0 Å². The third-order valence-electron chi connectivity index (χ3n) is 3.05. The van der Waals surface area contributed by atoms with Crippen molar-refractivity contribution in [1.29, 1.82) is 0 Å². The molecular formula is C13H17IO2. The summed E-state index contributed by atoms with van der Waals surface area (Å²) in [5.74, 6) is 1.62. The van der Waals surface area contributed by atoms with Crippen molar-refractivity contribution in [3.8, 4) is 5.75 Å². The lowest BCUT2D eigenvalue weighted by molar-refractivity contribution is -0.0208. The molecule has 1 aromatic rings. The maximum absolute atomic E-state index is 5.95. The molecule has 0 spiro atoms. The van der Waals surface area contributed by atoms with Gasteiger partial charge in [-0.05, 0) is 59.0 Å². The molecule has 1 heterocycles. The van der Waals surface area contributed by atoms with Crippen molar-refractivity contribution in [1.82, 2.24) is 0 Å². The molecule has 2 nitrogen and oxygen atoms in total. The summed E-state index contributed by atoms with van der Waals surface area (Å²) in [7, 11) is 1.70. The van der Waals surface area contributed by atoms with Gasteiger partial charge in [-0.15, -0.1) is 0 Å². The summed E-state index contributed by atoms with van der Waals surface area (Å²) in [6.07, 6.45) is 2.23. The van der Waals surface area contributed by atoms with Gasteiger partial charge in [0.25, 0.3) is 0 Å². The molecule has 1 aliphatic heterocycles. The van der Waals surface area contributed by atoms with Gasteiger partial charge in [0.1, 0.15) is 9.36 Å². The summed E-state index contributed by atoms with van der Waals surface area (Å²) in [6.45, 7) is 3.14. The van der Waals surface area contributed by atoms with Gasteiger partial charge in [-0.25, -0.2) is 0 Å². The van der Waals surface area contributed by atoms with Gasteiger partial charge >= 0.3 is 0 Å². The lowest BCUT2D eigenvalue weighted by Crippen LogP contribution is -2.30. The van der Waals surface area contributed by atoms with Crippen LogP contribution in [0.15, 0.2) is 24.3 Å². The predicted octanol–water partition coefficient (Wildman–Crippen LogP) is 3.73. The molecule has 2 unspecified atom stereocenters. The molecule has 3 heteroatoms. The van der Waals surface area contributed by atoms with Gasteiger partial charge in [-0.2, -0.15) is 0 Å². The molecule has 1 aromatic carbocycles. The Morgan fingerprint density at radius 1 is 1.50 bits per heavy atom. The van der Waals surface area contributed by atoms with Gasteiger partial charge in [0.05, 0.1) is 7.11 Å². The lowest BCUT2D eigenvalue weighted by Gasteiger charge is -2.36. The molecule has 0 bridgehead atoms. The molecule has 0 saturated carbocycles. The highest BCUT2D eigenvalue weighted by atomic mass is 127. The Morgan fingerprint density at radius 2 is 2.31 bits per heavy atom. The largest absolute Gasteiger partial charge is 0.497 e. The molecule has 1 saturated heterocycles. The first-order valence-electron chi connectivity index (χ1n) is 5.61. The second kappa shape index (κ2) is 4.92. The van der Waals surface area contributed by atoms with Crippen LogP contribution in [0.5, 0.6) is 5.75 Å². The highest BCUT2D eigenvalue weighted by molar-refractivity contribution is 14.1. The highest BCUT2D eigenvalue weighted by Crippen LogP contribution is 2.44. The summed E-state index contributed by atoms with van der Waals surface area (Å²) < 4.78 is 11.0. The smallest absolute Gasteiger partial charge is 0.144 e. The lowest BCUT2D eigenvalue weighted by atomic mass is 9.93. The van der Waals surface area contributed by atoms with Crippen LogP contribution in [-0.4, -0.2) is 13.7 Å². The molecular weight excluding hydrogens is 315 g/mol. The maximum atomic E-state index is 5.95. The number of alkyl halides is 1. The van der Waals surface area contributed by atoms with Crippen molar-refractivity contribution in [2.75, 3.05) is 13.7 Å².